The number of ether oxygens (including phenoxy) is 2. The molecule has 3 amide bonds. The average Bonchev–Trinajstić information content (AvgIpc) is 3.95. The Morgan fingerprint density at radius 2 is 1.44 bits per heavy atom. The third-order valence-corrected chi connectivity index (χ3v) is 15.2. The van der Waals surface area contributed by atoms with E-state index >= 15 is 0 Å². The molecule has 1 aliphatic heterocycles. The normalized spacial score (nSPS) is 15.9. The number of esters is 1. The number of aryl methyl sites for hydroxylation is 1. The van der Waals surface area contributed by atoms with Crippen LogP contribution >= 0.6 is 34.9 Å². The number of hydrogen-bond donors (Lipinski definition) is 3. The van der Waals surface area contributed by atoms with Crippen LogP contribution in [0.3, 0.4) is 0 Å². The molecule has 0 spiro atoms. The first kappa shape index (κ1) is 51.7. The molecule has 5 aromatic rings. The van der Waals surface area contributed by atoms with Gasteiger partial charge in [0.15, 0.2) is 0 Å². The number of aromatic nitrogens is 1. The minimum absolute atomic E-state index is 0.0823. The largest absolute Gasteiger partial charge is 0.469 e. The molecule has 2 heterocycles. The highest BCUT2D eigenvalue weighted by molar-refractivity contribution is 8.14. The first-order chi connectivity index (χ1) is 32.5. The Bertz CT molecular complexity index is 2450. The lowest BCUT2D eigenvalue weighted by atomic mass is 9.84. The molecule has 1 unspecified atom stereocenters. The van der Waals surface area contributed by atoms with Crippen molar-refractivity contribution in [3.8, 4) is 10.4 Å². The number of hydrogen-bond acceptors (Lipinski definition) is 11. The van der Waals surface area contributed by atoms with Gasteiger partial charge in [0, 0.05) is 5.75 Å². The molecule has 0 bridgehead atoms. The van der Waals surface area contributed by atoms with Crippen LogP contribution < -0.4 is 16.0 Å². The van der Waals surface area contributed by atoms with E-state index in [0.717, 1.165) is 22.6 Å². The zero-order chi connectivity index (χ0) is 48.9. The zero-order valence-electron chi connectivity index (χ0n) is 40.2. The summed E-state index contributed by atoms with van der Waals surface area (Å²) in [7, 11) is 1.32. The van der Waals surface area contributed by atoms with Crippen LogP contribution in [0, 0.1) is 5.92 Å². The highest BCUT2D eigenvalue weighted by atomic mass is 32.2. The number of alkyl carbamates (subject to hydrolysis) is 1. The van der Waals surface area contributed by atoms with E-state index in [1.807, 2.05) is 76.7 Å². The molecule has 1 aliphatic rings. The number of aliphatic imine (C=N–C) groups is 1. The number of carbonyl (C=O) groups excluding carboxylic acids is 4. The molecule has 0 aliphatic carbocycles. The van der Waals surface area contributed by atoms with Crippen molar-refractivity contribution in [1.29, 1.82) is 0 Å². The summed E-state index contributed by atoms with van der Waals surface area (Å²) in [5, 5.41) is 10.1. The number of methoxy groups -OCH3 is 1. The molecule has 0 fully saturated rings. The Morgan fingerprint density at radius 3 is 1.97 bits per heavy atom. The molecule has 3 atom stereocenters. The van der Waals surface area contributed by atoms with Crippen LogP contribution in [0.4, 0.5) is 4.79 Å². The number of allylic oxidation sites excluding steroid dienone is 1. The van der Waals surface area contributed by atoms with Crippen LogP contribution in [0.1, 0.15) is 94.3 Å². The SMILES string of the molecule is CCc1ccc(-c2sc(CNC(=O)OC(C)(C)C)nc2C2=N[C@](C)(C(=O)N[C@H](C(=O)NC(/C=C/CCSC(c3ccccc3)(c3ccccc3)c3ccccc3)CC(=O)OC)C(C)C)CS2)cc1. The minimum Gasteiger partial charge on any atom is -0.469 e. The van der Waals surface area contributed by atoms with Crippen LogP contribution in [-0.4, -0.2) is 75.7 Å². The van der Waals surface area contributed by atoms with Crippen LogP contribution in [0.15, 0.2) is 132 Å². The van der Waals surface area contributed by atoms with Crippen molar-refractivity contribution in [1.82, 2.24) is 20.9 Å². The molecule has 358 valence electrons. The van der Waals surface area contributed by atoms with E-state index in [4.69, 9.17) is 19.5 Å². The van der Waals surface area contributed by atoms with Crippen molar-refractivity contribution in [3.63, 3.8) is 0 Å². The van der Waals surface area contributed by atoms with Gasteiger partial charge in [-0.25, -0.2) is 9.78 Å². The Morgan fingerprint density at radius 1 is 0.853 bits per heavy atom. The topological polar surface area (TPSA) is 148 Å². The number of thioether (sulfide) groups is 2. The quantitative estimate of drug-likeness (QED) is 0.0300. The monoisotopic (exact) mass is 973 g/mol. The first-order valence-electron chi connectivity index (χ1n) is 23.0. The fraction of sp³-hybridized carbons (Fsp3) is 0.370. The first-order valence-corrected chi connectivity index (χ1v) is 25.8. The van der Waals surface area contributed by atoms with Gasteiger partial charge in [-0.3, -0.25) is 19.4 Å². The predicted octanol–water partition coefficient (Wildman–Crippen LogP) is 10.5. The van der Waals surface area contributed by atoms with Crippen molar-refractivity contribution < 1.29 is 28.7 Å². The number of amides is 3. The molecule has 0 radical (unpaired) electrons. The van der Waals surface area contributed by atoms with Crippen molar-refractivity contribution in [2.24, 2.45) is 10.9 Å². The fourth-order valence-electron chi connectivity index (χ4n) is 7.71. The molecule has 3 N–H and O–H groups in total. The van der Waals surface area contributed by atoms with Crippen LogP contribution in [0.5, 0.6) is 0 Å². The number of nitrogens with zero attached hydrogens (tertiary/aromatic N) is 2. The molecule has 14 heteroatoms. The molecule has 0 saturated carbocycles. The Labute approximate surface area is 413 Å². The maximum atomic E-state index is 14.2. The summed E-state index contributed by atoms with van der Waals surface area (Å²) in [5.74, 6) is -0.535. The lowest BCUT2D eigenvalue weighted by molar-refractivity contribution is -0.141. The lowest BCUT2D eigenvalue weighted by Crippen LogP contribution is -2.56. The average molecular weight is 974 g/mol. The third kappa shape index (κ3) is 13.3. The van der Waals surface area contributed by atoms with Gasteiger partial charge in [-0.15, -0.1) is 34.9 Å². The van der Waals surface area contributed by atoms with Gasteiger partial charge in [0.1, 0.15) is 32.9 Å². The van der Waals surface area contributed by atoms with E-state index in [-0.39, 0.29) is 18.9 Å². The van der Waals surface area contributed by atoms with E-state index in [1.165, 1.54) is 52.5 Å². The van der Waals surface area contributed by atoms with E-state index in [1.54, 1.807) is 6.92 Å². The van der Waals surface area contributed by atoms with Crippen LogP contribution in [-0.2, 0) is 41.6 Å². The molecule has 68 heavy (non-hydrogen) atoms. The van der Waals surface area contributed by atoms with Gasteiger partial charge in [0.05, 0.1) is 35.7 Å². The second-order valence-electron chi connectivity index (χ2n) is 18.1. The van der Waals surface area contributed by atoms with Crippen molar-refractivity contribution in [2.45, 2.75) is 102 Å². The number of thiazole rings is 1. The molecule has 1 aromatic heterocycles. The fourth-order valence-corrected chi connectivity index (χ4v) is 11.4. The summed E-state index contributed by atoms with van der Waals surface area (Å²) in [4.78, 5) is 64.4. The molecule has 6 rings (SSSR count). The van der Waals surface area contributed by atoms with E-state index in [2.05, 4.69) is 120 Å². The van der Waals surface area contributed by atoms with Gasteiger partial charge < -0.3 is 25.4 Å². The van der Waals surface area contributed by atoms with E-state index < -0.39 is 51.8 Å². The van der Waals surface area contributed by atoms with Crippen molar-refractivity contribution in [3.05, 3.63) is 160 Å². The highest BCUT2D eigenvalue weighted by Gasteiger charge is 2.42. The van der Waals surface area contributed by atoms with Gasteiger partial charge in [0.25, 0.3) is 0 Å². The molecular formula is C54H63N5O6S3. The summed E-state index contributed by atoms with van der Waals surface area (Å²) in [6.45, 7) is 13.2. The van der Waals surface area contributed by atoms with E-state index in [9.17, 15) is 19.2 Å². The Hall–Kier alpha value is -5.70. The molecular weight excluding hydrogens is 911 g/mol. The van der Waals surface area contributed by atoms with Gasteiger partial charge in [0.2, 0.25) is 11.8 Å². The maximum Gasteiger partial charge on any atom is 0.408 e. The summed E-state index contributed by atoms with van der Waals surface area (Å²) in [5.41, 5.74) is 4.41. The van der Waals surface area contributed by atoms with Crippen LogP contribution in [0.2, 0.25) is 0 Å². The summed E-state index contributed by atoms with van der Waals surface area (Å²) in [6, 6.07) is 38.2. The smallest absolute Gasteiger partial charge is 0.408 e. The number of nitrogens with one attached hydrogen (secondary N) is 3. The second kappa shape index (κ2) is 23.5. The van der Waals surface area contributed by atoms with Gasteiger partial charge >= 0.3 is 12.1 Å². The van der Waals surface area contributed by atoms with E-state index in [0.29, 0.717) is 27.9 Å². The molecule has 0 saturated heterocycles. The number of rotatable bonds is 20. The predicted molar refractivity (Wildman–Crippen MR) is 278 cm³/mol. The summed E-state index contributed by atoms with van der Waals surface area (Å²) >= 11 is 4.71. The Balaban J connectivity index is 1.17. The highest BCUT2D eigenvalue weighted by Crippen LogP contribution is 2.48. The summed E-state index contributed by atoms with van der Waals surface area (Å²) in [6.07, 6.45) is 4.76. The van der Waals surface area contributed by atoms with Crippen molar-refractivity contribution in [2.75, 3.05) is 18.6 Å². The minimum atomic E-state index is -1.22. The van der Waals surface area contributed by atoms with Gasteiger partial charge in [-0.2, -0.15) is 0 Å². The lowest BCUT2D eigenvalue weighted by Gasteiger charge is -2.35. The second-order valence-corrected chi connectivity index (χ2v) is 21.5. The zero-order valence-corrected chi connectivity index (χ0v) is 42.6. The Kier molecular flexibility index (Phi) is 17.9. The van der Waals surface area contributed by atoms with Gasteiger partial charge in [-0.05, 0) is 80.0 Å². The van der Waals surface area contributed by atoms with Gasteiger partial charge in [-0.1, -0.05) is 148 Å². The number of carbonyl (C=O) groups is 4. The number of benzene rings is 4. The van der Waals surface area contributed by atoms with Crippen molar-refractivity contribution >= 4 is 63.8 Å². The molecule has 11 nitrogen and oxygen atoms in total. The maximum absolute atomic E-state index is 14.2. The molecule has 4 aromatic carbocycles. The summed E-state index contributed by atoms with van der Waals surface area (Å²) < 4.78 is 9.99. The third-order valence-electron chi connectivity index (χ3n) is 11.3. The van der Waals surface area contributed by atoms with Crippen LogP contribution in [0.25, 0.3) is 10.4 Å². The standard InChI is InChI=1S/C54H63N5O6S3/c1-9-37-28-30-38(31-29-37)47-46(57-43(68-47)34-55-51(63)65-52(4,5)6)49-59-53(7,35-66-49)50(62)58-45(36(2)3)48(61)56-42(33-44(60)64-8)27-19-20-32-67-54(39-21-13-10-14-22-39,40-23-15-11-16-24-40)41-25-17-12-18-26-41/h10-19,21-31,36,42,45H,9,20,32-35H2,1-8H3,(H,55,63)(H,56,61)(H,58,62)/b27-19+/t42?,45-,53-/m0/s1.